The van der Waals surface area contributed by atoms with Gasteiger partial charge in [0.05, 0.1) is 15.7 Å². The maximum absolute atomic E-state index is 12.2. The minimum absolute atomic E-state index is 0.0352. The molecule has 1 aliphatic heterocycles. The van der Waals surface area contributed by atoms with Gasteiger partial charge in [0.1, 0.15) is 0 Å². The van der Waals surface area contributed by atoms with E-state index in [0.29, 0.717) is 0 Å². The number of hydrogen-bond donors (Lipinski definition) is 1. The zero-order valence-electron chi connectivity index (χ0n) is 10.5. The van der Waals surface area contributed by atoms with Gasteiger partial charge in [-0.15, -0.1) is 0 Å². The molecule has 1 aliphatic rings. The fourth-order valence-corrected chi connectivity index (χ4v) is 3.70. The van der Waals surface area contributed by atoms with E-state index in [4.69, 9.17) is 5.11 Å². The monoisotopic (exact) mass is 300 g/mol. The standard InChI is InChI=1S/C11H12N2O6S/c1-7-4-9(13(16)17)2-3-10(7)20(18,19)12-5-8(6-12)11(14)15/h2-4,8H,5-6H2,1H3,(H,14,15). The molecule has 0 amide bonds. The minimum Gasteiger partial charge on any atom is -0.481 e. The van der Waals surface area contributed by atoms with Crippen molar-refractivity contribution < 1.29 is 23.2 Å². The normalized spacial score (nSPS) is 16.6. The predicted octanol–water partition coefficient (Wildman–Crippen LogP) is 0.608. The van der Waals surface area contributed by atoms with Crippen LogP contribution in [0.1, 0.15) is 5.56 Å². The summed E-state index contributed by atoms with van der Waals surface area (Å²) in [7, 11) is -3.79. The fourth-order valence-electron chi connectivity index (χ4n) is 1.97. The van der Waals surface area contributed by atoms with Crippen molar-refractivity contribution in [1.82, 2.24) is 4.31 Å². The number of nitro benzene ring substituents is 1. The number of carboxylic acid groups (broad SMARTS) is 1. The minimum atomic E-state index is -3.79. The highest BCUT2D eigenvalue weighted by Crippen LogP contribution is 2.28. The van der Waals surface area contributed by atoms with Crippen molar-refractivity contribution in [2.24, 2.45) is 5.92 Å². The average Bonchev–Trinajstić information content (AvgIpc) is 2.24. The van der Waals surface area contributed by atoms with Gasteiger partial charge >= 0.3 is 5.97 Å². The molecule has 20 heavy (non-hydrogen) atoms. The number of non-ortho nitro benzene ring substituents is 1. The van der Waals surface area contributed by atoms with Crippen molar-refractivity contribution in [3.8, 4) is 0 Å². The summed E-state index contributed by atoms with van der Waals surface area (Å²) >= 11 is 0. The van der Waals surface area contributed by atoms with Crippen LogP contribution in [-0.2, 0) is 14.8 Å². The molecule has 108 valence electrons. The topological polar surface area (TPSA) is 118 Å². The third-order valence-corrected chi connectivity index (χ3v) is 5.18. The molecule has 8 nitrogen and oxygen atoms in total. The Balaban J connectivity index is 2.28. The van der Waals surface area contributed by atoms with Gasteiger partial charge in [-0.25, -0.2) is 8.42 Å². The highest BCUT2D eigenvalue weighted by Gasteiger charge is 2.41. The molecule has 0 bridgehead atoms. The molecular weight excluding hydrogens is 288 g/mol. The van der Waals surface area contributed by atoms with Crippen LogP contribution in [0.25, 0.3) is 0 Å². The van der Waals surface area contributed by atoms with Gasteiger partial charge in [0.2, 0.25) is 10.0 Å². The summed E-state index contributed by atoms with van der Waals surface area (Å²) in [5.41, 5.74) is 0.0754. The SMILES string of the molecule is Cc1cc([N+](=O)[O-])ccc1S(=O)(=O)N1CC(C(=O)O)C1. The van der Waals surface area contributed by atoms with Gasteiger partial charge in [0, 0.05) is 25.2 Å². The number of sulfonamides is 1. The third kappa shape index (κ3) is 2.37. The molecule has 0 saturated carbocycles. The molecule has 0 spiro atoms. The number of carboxylic acids is 1. The summed E-state index contributed by atoms with van der Waals surface area (Å²) in [5, 5.41) is 19.4. The molecule has 1 saturated heterocycles. The Hall–Kier alpha value is -2.00. The van der Waals surface area contributed by atoms with Crippen molar-refractivity contribution in [3.63, 3.8) is 0 Å². The smallest absolute Gasteiger partial charge is 0.309 e. The molecule has 1 fully saturated rings. The van der Waals surface area contributed by atoms with Crippen molar-refractivity contribution in [3.05, 3.63) is 33.9 Å². The number of aryl methyl sites for hydroxylation is 1. The highest BCUT2D eigenvalue weighted by atomic mass is 32.2. The maximum Gasteiger partial charge on any atom is 0.309 e. The number of nitrogens with zero attached hydrogens (tertiary/aromatic N) is 2. The molecule has 1 aromatic carbocycles. The molecule has 0 radical (unpaired) electrons. The first-order chi connectivity index (χ1) is 9.23. The van der Waals surface area contributed by atoms with Crippen LogP contribution in [-0.4, -0.2) is 41.8 Å². The second kappa shape index (κ2) is 4.84. The van der Waals surface area contributed by atoms with Crippen molar-refractivity contribution in [2.45, 2.75) is 11.8 Å². The lowest BCUT2D eigenvalue weighted by Crippen LogP contribution is -2.52. The first-order valence-corrected chi connectivity index (χ1v) is 7.15. The zero-order valence-corrected chi connectivity index (χ0v) is 11.3. The van der Waals surface area contributed by atoms with Crippen molar-refractivity contribution in [1.29, 1.82) is 0 Å². The van der Waals surface area contributed by atoms with E-state index in [1.54, 1.807) is 0 Å². The van der Waals surface area contributed by atoms with Crippen LogP contribution >= 0.6 is 0 Å². The van der Waals surface area contributed by atoms with E-state index < -0.39 is 26.8 Å². The number of rotatable bonds is 4. The second-order valence-corrected chi connectivity index (χ2v) is 6.47. The molecular formula is C11H12N2O6S. The maximum atomic E-state index is 12.2. The van der Waals surface area contributed by atoms with Crippen LogP contribution in [0.15, 0.2) is 23.1 Å². The lowest BCUT2D eigenvalue weighted by atomic mass is 10.0. The Morgan fingerprint density at radius 1 is 1.45 bits per heavy atom. The van der Waals surface area contributed by atoms with E-state index in [9.17, 15) is 23.3 Å². The number of nitro groups is 1. The molecule has 2 rings (SSSR count). The summed E-state index contributed by atoms with van der Waals surface area (Å²) in [6.45, 7) is 1.32. The van der Waals surface area contributed by atoms with Gasteiger partial charge in [-0.2, -0.15) is 4.31 Å². The predicted molar refractivity (Wildman–Crippen MR) is 67.7 cm³/mol. The van der Waals surface area contributed by atoms with E-state index in [1.807, 2.05) is 0 Å². The fraction of sp³-hybridized carbons (Fsp3) is 0.364. The number of carbonyl (C=O) groups is 1. The Bertz CT molecular complexity index is 678. The molecule has 0 aliphatic carbocycles. The molecule has 1 N–H and O–H groups in total. The molecule has 9 heteroatoms. The van der Waals surface area contributed by atoms with Crippen LogP contribution < -0.4 is 0 Å². The van der Waals surface area contributed by atoms with Gasteiger partial charge in [0.15, 0.2) is 0 Å². The summed E-state index contributed by atoms with van der Waals surface area (Å²) in [5.74, 6) is -1.72. The van der Waals surface area contributed by atoms with Crippen molar-refractivity contribution in [2.75, 3.05) is 13.1 Å². The average molecular weight is 300 g/mol. The van der Waals surface area contributed by atoms with E-state index in [1.165, 1.54) is 19.1 Å². The van der Waals surface area contributed by atoms with E-state index in [-0.39, 0.29) is 29.2 Å². The summed E-state index contributed by atoms with van der Waals surface area (Å²) in [6.07, 6.45) is 0. The summed E-state index contributed by atoms with van der Waals surface area (Å²) in [6, 6.07) is 3.48. The largest absolute Gasteiger partial charge is 0.481 e. The molecule has 1 heterocycles. The molecule has 0 aromatic heterocycles. The first-order valence-electron chi connectivity index (χ1n) is 5.71. The highest BCUT2D eigenvalue weighted by molar-refractivity contribution is 7.89. The van der Waals surface area contributed by atoms with Gasteiger partial charge in [-0.05, 0) is 18.6 Å². The van der Waals surface area contributed by atoms with Crippen molar-refractivity contribution >= 4 is 21.7 Å². The second-order valence-electron chi connectivity index (χ2n) is 4.56. The molecule has 1 aromatic rings. The van der Waals surface area contributed by atoms with Gasteiger partial charge in [-0.1, -0.05) is 0 Å². The lowest BCUT2D eigenvalue weighted by Gasteiger charge is -2.35. The van der Waals surface area contributed by atoms with E-state index in [2.05, 4.69) is 0 Å². The third-order valence-electron chi connectivity index (χ3n) is 3.18. The van der Waals surface area contributed by atoms with Gasteiger partial charge in [-0.3, -0.25) is 14.9 Å². The van der Waals surface area contributed by atoms with E-state index in [0.717, 1.165) is 10.4 Å². The quantitative estimate of drug-likeness (QED) is 0.643. The van der Waals surface area contributed by atoms with E-state index >= 15 is 0 Å². The number of aliphatic carboxylic acids is 1. The summed E-state index contributed by atoms with van der Waals surface area (Å²) < 4.78 is 25.6. The first kappa shape index (κ1) is 14.4. The molecule has 0 atom stereocenters. The Morgan fingerprint density at radius 2 is 2.05 bits per heavy atom. The number of benzene rings is 1. The van der Waals surface area contributed by atoms with Crippen LogP contribution in [0, 0.1) is 23.0 Å². The Kier molecular flexibility index (Phi) is 3.48. The van der Waals surface area contributed by atoms with Crippen LogP contribution in [0.5, 0.6) is 0 Å². The van der Waals surface area contributed by atoms with Gasteiger partial charge in [0.25, 0.3) is 5.69 Å². The zero-order chi connectivity index (χ0) is 15.1. The van der Waals surface area contributed by atoms with Crippen LogP contribution in [0.2, 0.25) is 0 Å². The molecule has 0 unspecified atom stereocenters. The van der Waals surface area contributed by atoms with Crippen LogP contribution in [0.3, 0.4) is 0 Å². The number of hydrogen-bond acceptors (Lipinski definition) is 5. The lowest BCUT2D eigenvalue weighted by molar-refractivity contribution is -0.385. The van der Waals surface area contributed by atoms with Gasteiger partial charge < -0.3 is 5.11 Å². The Morgan fingerprint density at radius 3 is 2.50 bits per heavy atom. The summed E-state index contributed by atoms with van der Waals surface area (Å²) in [4.78, 5) is 20.7. The van der Waals surface area contributed by atoms with Crippen LogP contribution in [0.4, 0.5) is 5.69 Å². The Labute approximate surface area is 114 Å².